The van der Waals surface area contributed by atoms with Crippen LogP contribution >= 0.6 is 11.3 Å². The Bertz CT molecular complexity index is 834. The Morgan fingerprint density at radius 1 is 1.00 bits per heavy atom. The first-order valence-electron chi connectivity index (χ1n) is 9.72. The molecule has 0 saturated heterocycles. The third kappa shape index (κ3) is 9.24. The smallest absolute Gasteiger partial charge is 0.336 e. The van der Waals surface area contributed by atoms with Crippen molar-refractivity contribution in [2.24, 2.45) is 0 Å². The quantitative estimate of drug-likeness (QED) is 0.403. The van der Waals surface area contributed by atoms with Crippen LogP contribution in [0.2, 0.25) is 0 Å². The second-order valence-electron chi connectivity index (χ2n) is 6.76. The highest BCUT2D eigenvalue weighted by atomic mass is 32.1. The van der Waals surface area contributed by atoms with Crippen LogP contribution in [0.5, 0.6) is 0 Å². The molecule has 2 rings (SSSR count). The maximum atomic E-state index is 10.3. The van der Waals surface area contributed by atoms with Crippen molar-refractivity contribution >= 4 is 29.2 Å². The van der Waals surface area contributed by atoms with Gasteiger partial charge in [0.2, 0.25) is 0 Å². The number of nitrogens with zero attached hydrogens (tertiary/aromatic N) is 2. The Hall–Kier alpha value is -2.82. The fraction of sp³-hybridized carbons (Fsp3) is 0.429. The number of hydrogen-bond acceptors (Lipinski definition) is 7. The minimum atomic E-state index is -2.74. The third-order valence-corrected chi connectivity index (χ3v) is 5.38. The minimum absolute atomic E-state index is 1.05. The average molecular weight is 453 g/mol. The van der Waals surface area contributed by atoms with E-state index in [2.05, 4.69) is 48.4 Å². The van der Waals surface area contributed by atoms with Gasteiger partial charge in [0, 0.05) is 23.9 Å². The predicted octanol–water partition coefficient (Wildman–Crippen LogP) is 2.45. The summed E-state index contributed by atoms with van der Waals surface area (Å²) in [4.78, 5) is 37.6. The summed E-state index contributed by atoms with van der Waals surface area (Å²) in [5.74, 6) is -5.02. The van der Waals surface area contributed by atoms with Crippen LogP contribution in [0.4, 0.5) is 0 Å². The fourth-order valence-electron chi connectivity index (χ4n) is 2.66. The van der Waals surface area contributed by atoms with Gasteiger partial charge in [0.25, 0.3) is 0 Å². The van der Waals surface area contributed by atoms with Crippen molar-refractivity contribution in [1.82, 2.24) is 9.88 Å². The third-order valence-electron chi connectivity index (χ3n) is 4.44. The number of hydrogen-bond donors (Lipinski definition) is 4. The number of carboxylic acid groups (broad SMARTS) is 3. The van der Waals surface area contributed by atoms with Gasteiger partial charge in [-0.05, 0) is 13.1 Å². The molecule has 1 aromatic heterocycles. The SMILES string of the molecule is CCN(CC)CCc1csc(-c2ccccc2)n1.O=C(O)CC(O)(CC(=O)O)C(=O)O. The second-order valence-corrected chi connectivity index (χ2v) is 7.62. The van der Waals surface area contributed by atoms with E-state index in [9.17, 15) is 14.4 Å². The molecular weight excluding hydrogens is 424 g/mol. The molecule has 0 aliphatic heterocycles. The Balaban J connectivity index is 0.000000330. The number of carboxylic acids is 3. The number of carbonyl (C=O) groups is 3. The van der Waals surface area contributed by atoms with Crippen molar-refractivity contribution in [3.05, 3.63) is 41.4 Å². The highest BCUT2D eigenvalue weighted by Crippen LogP contribution is 2.23. The van der Waals surface area contributed by atoms with Crippen molar-refractivity contribution in [2.75, 3.05) is 19.6 Å². The van der Waals surface area contributed by atoms with Gasteiger partial charge in [0.05, 0.1) is 18.5 Å². The Morgan fingerprint density at radius 2 is 1.55 bits per heavy atom. The van der Waals surface area contributed by atoms with Gasteiger partial charge < -0.3 is 25.3 Å². The molecule has 2 aromatic rings. The van der Waals surface area contributed by atoms with Gasteiger partial charge in [0.1, 0.15) is 5.01 Å². The largest absolute Gasteiger partial charge is 0.481 e. The summed E-state index contributed by atoms with van der Waals surface area (Å²) in [7, 11) is 0. The number of rotatable bonds is 11. The minimum Gasteiger partial charge on any atom is -0.481 e. The van der Waals surface area contributed by atoms with E-state index in [4.69, 9.17) is 25.4 Å². The van der Waals surface area contributed by atoms with E-state index >= 15 is 0 Å². The first-order chi connectivity index (χ1) is 14.6. The highest BCUT2D eigenvalue weighted by molar-refractivity contribution is 7.13. The summed E-state index contributed by atoms with van der Waals surface area (Å²) in [6, 6.07) is 10.4. The van der Waals surface area contributed by atoms with Crippen molar-refractivity contribution in [3.8, 4) is 10.6 Å². The number of aliphatic hydroxyl groups is 1. The van der Waals surface area contributed by atoms with E-state index in [1.165, 1.54) is 11.3 Å². The van der Waals surface area contributed by atoms with Gasteiger partial charge in [-0.3, -0.25) is 9.59 Å². The number of aliphatic carboxylic acids is 3. The molecule has 1 aromatic carbocycles. The summed E-state index contributed by atoms with van der Waals surface area (Å²) in [5, 5.41) is 37.1. The molecule has 1 heterocycles. The lowest BCUT2D eigenvalue weighted by Gasteiger charge is -2.18. The zero-order valence-corrected chi connectivity index (χ0v) is 18.3. The van der Waals surface area contributed by atoms with Gasteiger partial charge in [0.15, 0.2) is 5.60 Å². The van der Waals surface area contributed by atoms with Gasteiger partial charge in [-0.25, -0.2) is 9.78 Å². The normalized spacial score (nSPS) is 11.0. The summed E-state index contributed by atoms with van der Waals surface area (Å²) in [5.41, 5.74) is -0.306. The molecule has 9 nitrogen and oxygen atoms in total. The number of thiazole rings is 1. The molecule has 0 fully saturated rings. The lowest BCUT2D eigenvalue weighted by atomic mass is 9.96. The molecule has 0 spiro atoms. The average Bonchev–Trinajstić information content (AvgIpc) is 3.18. The number of benzene rings is 1. The summed E-state index contributed by atoms with van der Waals surface area (Å²) < 4.78 is 0. The monoisotopic (exact) mass is 452 g/mol. The van der Waals surface area contributed by atoms with E-state index in [1.54, 1.807) is 11.3 Å². The molecule has 10 heteroatoms. The zero-order valence-electron chi connectivity index (χ0n) is 17.5. The first-order valence-corrected chi connectivity index (χ1v) is 10.6. The summed E-state index contributed by atoms with van der Waals surface area (Å²) in [6.07, 6.45) is -1.24. The van der Waals surface area contributed by atoms with E-state index in [0.717, 1.165) is 31.1 Å². The molecule has 170 valence electrons. The van der Waals surface area contributed by atoms with Crippen molar-refractivity contribution in [1.29, 1.82) is 0 Å². The standard InChI is InChI=1S/C15H20N2S.C6H8O7/c1-3-17(4-2)11-10-14-12-18-15(16-14)13-8-6-5-7-9-13;7-3(8)1-6(13,5(11)12)2-4(9)10/h5-9,12H,3-4,10-11H2,1-2H3;13H,1-2H2,(H,7,8)(H,9,10)(H,11,12). The van der Waals surface area contributed by atoms with Gasteiger partial charge in [-0.15, -0.1) is 11.3 Å². The lowest BCUT2D eigenvalue weighted by molar-refractivity contribution is -0.170. The van der Waals surface area contributed by atoms with E-state index in [-0.39, 0.29) is 0 Å². The number of aromatic nitrogens is 1. The van der Waals surface area contributed by atoms with Gasteiger partial charge in [-0.2, -0.15) is 0 Å². The molecular formula is C21H28N2O7S. The molecule has 4 N–H and O–H groups in total. The van der Waals surface area contributed by atoms with Crippen LogP contribution in [0.25, 0.3) is 10.6 Å². The van der Waals surface area contributed by atoms with E-state index in [0.29, 0.717) is 0 Å². The van der Waals surface area contributed by atoms with Crippen molar-refractivity contribution < 1.29 is 34.8 Å². The predicted molar refractivity (Wildman–Crippen MR) is 116 cm³/mol. The van der Waals surface area contributed by atoms with Crippen LogP contribution in [0.3, 0.4) is 0 Å². The van der Waals surface area contributed by atoms with Crippen LogP contribution in [-0.4, -0.2) is 73.5 Å². The second kappa shape index (κ2) is 12.8. The molecule has 0 unspecified atom stereocenters. The molecule has 0 atom stereocenters. The zero-order chi connectivity index (χ0) is 23.4. The Morgan fingerprint density at radius 3 is 2.00 bits per heavy atom. The molecule has 0 aliphatic carbocycles. The summed E-state index contributed by atoms with van der Waals surface area (Å²) >= 11 is 1.74. The molecule has 0 saturated carbocycles. The Labute approximate surface area is 184 Å². The molecule has 31 heavy (non-hydrogen) atoms. The highest BCUT2D eigenvalue weighted by Gasteiger charge is 2.40. The van der Waals surface area contributed by atoms with Crippen LogP contribution in [0.1, 0.15) is 32.4 Å². The Kier molecular flexibility index (Phi) is 10.8. The van der Waals surface area contributed by atoms with Crippen LogP contribution in [-0.2, 0) is 20.8 Å². The first kappa shape index (κ1) is 26.2. The van der Waals surface area contributed by atoms with Gasteiger partial charge in [-0.1, -0.05) is 44.2 Å². The van der Waals surface area contributed by atoms with Gasteiger partial charge >= 0.3 is 17.9 Å². The van der Waals surface area contributed by atoms with Crippen LogP contribution < -0.4 is 0 Å². The van der Waals surface area contributed by atoms with E-state index < -0.39 is 36.4 Å². The van der Waals surface area contributed by atoms with Crippen LogP contribution in [0, 0.1) is 0 Å². The topological polar surface area (TPSA) is 148 Å². The maximum absolute atomic E-state index is 10.3. The molecule has 0 amide bonds. The van der Waals surface area contributed by atoms with Crippen LogP contribution in [0.15, 0.2) is 35.7 Å². The fourth-order valence-corrected chi connectivity index (χ4v) is 3.52. The summed E-state index contributed by atoms with van der Waals surface area (Å²) in [6.45, 7) is 7.75. The molecule has 0 aliphatic rings. The van der Waals surface area contributed by atoms with Crippen molar-refractivity contribution in [3.63, 3.8) is 0 Å². The molecule has 0 radical (unpaired) electrons. The number of likely N-dealkylation sites (N-methyl/N-ethyl adjacent to an activating group) is 1. The maximum Gasteiger partial charge on any atom is 0.336 e. The van der Waals surface area contributed by atoms with Crippen molar-refractivity contribution in [2.45, 2.75) is 38.7 Å². The van der Waals surface area contributed by atoms with E-state index in [1.807, 2.05) is 6.07 Å². The molecule has 0 bridgehead atoms. The lowest BCUT2D eigenvalue weighted by Crippen LogP contribution is -2.42.